The third kappa shape index (κ3) is 2.67. The predicted octanol–water partition coefficient (Wildman–Crippen LogP) is 1.30. The van der Waals surface area contributed by atoms with Gasteiger partial charge in [-0.2, -0.15) is 5.26 Å². The summed E-state index contributed by atoms with van der Waals surface area (Å²) in [6.45, 7) is 4.65. The SMILES string of the molecule is CCN(CC(C)C#N)C(=O)c1n[nH]c(C2CC2)n1. The molecule has 1 atom stereocenters. The molecule has 1 amide bonds. The lowest BCUT2D eigenvalue weighted by atomic mass is 10.2. The molecular formula is C12H17N5O. The van der Waals surface area contributed by atoms with Crippen LogP contribution in [0.15, 0.2) is 0 Å². The Balaban J connectivity index is 2.05. The minimum absolute atomic E-state index is 0.184. The van der Waals surface area contributed by atoms with Crippen LogP contribution in [0.25, 0.3) is 0 Å². The summed E-state index contributed by atoms with van der Waals surface area (Å²) in [5.74, 6) is 1.08. The Kier molecular flexibility index (Phi) is 3.60. The van der Waals surface area contributed by atoms with Crippen molar-refractivity contribution in [3.63, 3.8) is 0 Å². The fourth-order valence-electron chi connectivity index (χ4n) is 1.78. The standard InChI is InChI=1S/C12H17N5O/c1-3-17(7-8(2)6-13)12(18)11-14-10(15-16-11)9-4-5-9/h8-9H,3-5,7H2,1-2H3,(H,14,15,16). The van der Waals surface area contributed by atoms with E-state index in [4.69, 9.17) is 5.26 Å². The maximum Gasteiger partial charge on any atom is 0.293 e. The summed E-state index contributed by atoms with van der Waals surface area (Å²) in [5, 5.41) is 15.6. The lowest BCUT2D eigenvalue weighted by Crippen LogP contribution is -2.35. The summed E-state index contributed by atoms with van der Waals surface area (Å²) >= 11 is 0. The Hall–Kier alpha value is -1.90. The number of nitrogens with one attached hydrogen (secondary N) is 1. The largest absolute Gasteiger partial charge is 0.335 e. The van der Waals surface area contributed by atoms with Gasteiger partial charge in [-0.05, 0) is 26.7 Å². The van der Waals surface area contributed by atoms with Crippen LogP contribution >= 0.6 is 0 Å². The van der Waals surface area contributed by atoms with Gasteiger partial charge < -0.3 is 4.90 Å². The fraction of sp³-hybridized carbons (Fsp3) is 0.667. The Morgan fingerprint density at radius 1 is 1.67 bits per heavy atom. The summed E-state index contributed by atoms with van der Waals surface area (Å²) in [6.07, 6.45) is 2.23. The number of carbonyl (C=O) groups is 1. The van der Waals surface area contributed by atoms with E-state index in [0.717, 1.165) is 18.7 Å². The smallest absolute Gasteiger partial charge is 0.293 e. The molecule has 0 aromatic carbocycles. The van der Waals surface area contributed by atoms with Crippen LogP contribution in [0, 0.1) is 17.2 Å². The van der Waals surface area contributed by atoms with E-state index in [2.05, 4.69) is 21.3 Å². The third-order valence-electron chi connectivity index (χ3n) is 3.04. The third-order valence-corrected chi connectivity index (χ3v) is 3.04. The van der Waals surface area contributed by atoms with E-state index in [9.17, 15) is 4.79 Å². The molecule has 1 aromatic heterocycles. The molecule has 0 saturated heterocycles. The molecular weight excluding hydrogens is 230 g/mol. The molecule has 1 N–H and O–H groups in total. The monoisotopic (exact) mass is 247 g/mol. The molecule has 1 heterocycles. The zero-order valence-corrected chi connectivity index (χ0v) is 10.7. The molecule has 96 valence electrons. The number of rotatable bonds is 5. The van der Waals surface area contributed by atoms with Crippen molar-refractivity contribution in [1.29, 1.82) is 5.26 Å². The maximum absolute atomic E-state index is 12.2. The van der Waals surface area contributed by atoms with Crippen molar-refractivity contribution >= 4 is 5.91 Å². The molecule has 0 spiro atoms. The van der Waals surface area contributed by atoms with E-state index < -0.39 is 0 Å². The average Bonchev–Trinajstić information content (AvgIpc) is 3.12. The van der Waals surface area contributed by atoms with Gasteiger partial charge >= 0.3 is 0 Å². The lowest BCUT2D eigenvalue weighted by molar-refractivity contribution is 0.0741. The average molecular weight is 247 g/mol. The number of aromatic nitrogens is 3. The van der Waals surface area contributed by atoms with E-state index >= 15 is 0 Å². The van der Waals surface area contributed by atoms with Crippen molar-refractivity contribution in [3.8, 4) is 6.07 Å². The van der Waals surface area contributed by atoms with Crippen molar-refractivity contribution in [1.82, 2.24) is 20.1 Å². The van der Waals surface area contributed by atoms with E-state index in [1.54, 1.807) is 11.8 Å². The van der Waals surface area contributed by atoms with E-state index in [1.165, 1.54) is 0 Å². The van der Waals surface area contributed by atoms with Crippen molar-refractivity contribution in [2.75, 3.05) is 13.1 Å². The Bertz CT molecular complexity index is 471. The second-order valence-corrected chi connectivity index (χ2v) is 4.69. The van der Waals surface area contributed by atoms with Gasteiger partial charge in [-0.3, -0.25) is 9.89 Å². The van der Waals surface area contributed by atoms with Crippen molar-refractivity contribution in [2.24, 2.45) is 5.92 Å². The van der Waals surface area contributed by atoms with Crippen LogP contribution < -0.4 is 0 Å². The quantitative estimate of drug-likeness (QED) is 0.849. The number of carbonyl (C=O) groups excluding carboxylic acids is 1. The highest BCUT2D eigenvalue weighted by molar-refractivity contribution is 5.90. The molecule has 1 aromatic rings. The molecule has 6 nitrogen and oxygen atoms in total. The van der Waals surface area contributed by atoms with Crippen LogP contribution in [0.2, 0.25) is 0 Å². The van der Waals surface area contributed by atoms with E-state index in [1.807, 2.05) is 6.92 Å². The Morgan fingerprint density at radius 3 is 2.94 bits per heavy atom. The van der Waals surface area contributed by atoms with Gasteiger partial charge in [0.1, 0.15) is 5.82 Å². The van der Waals surface area contributed by atoms with Crippen molar-refractivity contribution in [3.05, 3.63) is 11.6 Å². The molecule has 1 fully saturated rings. The fourth-order valence-corrected chi connectivity index (χ4v) is 1.78. The molecule has 1 aliphatic rings. The first-order valence-corrected chi connectivity index (χ1v) is 6.26. The van der Waals surface area contributed by atoms with Gasteiger partial charge in [0.05, 0.1) is 12.0 Å². The minimum Gasteiger partial charge on any atom is -0.335 e. The van der Waals surface area contributed by atoms with Crippen molar-refractivity contribution < 1.29 is 4.79 Å². The summed E-state index contributed by atoms with van der Waals surface area (Å²) in [4.78, 5) is 18.0. The number of hydrogen-bond acceptors (Lipinski definition) is 4. The second-order valence-electron chi connectivity index (χ2n) is 4.69. The predicted molar refractivity (Wildman–Crippen MR) is 64.7 cm³/mol. The zero-order chi connectivity index (χ0) is 13.1. The molecule has 2 rings (SSSR count). The van der Waals surface area contributed by atoms with Crippen LogP contribution in [-0.2, 0) is 0 Å². The van der Waals surface area contributed by atoms with Crippen LogP contribution in [0.1, 0.15) is 49.1 Å². The van der Waals surface area contributed by atoms with Crippen LogP contribution in [0.3, 0.4) is 0 Å². The molecule has 0 radical (unpaired) electrons. The van der Waals surface area contributed by atoms with E-state index in [0.29, 0.717) is 19.0 Å². The van der Waals surface area contributed by atoms with Gasteiger partial charge in [-0.25, -0.2) is 4.98 Å². The van der Waals surface area contributed by atoms with Gasteiger partial charge in [0, 0.05) is 19.0 Å². The van der Waals surface area contributed by atoms with Crippen LogP contribution in [-0.4, -0.2) is 39.1 Å². The topological polar surface area (TPSA) is 85.7 Å². The number of nitrogens with zero attached hydrogens (tertiary/aromatic N) is 4. The summed E-state index contributed by atoms with van der Waals surface area (Å²) in [5.41, 5.74) is 0. The van der Waals surface area contributed by atoms with Gasteiger partial charge in [-0.15, -0.1) is 5.10 Å². The molecule has 18 heavy (non-hydrogen) atoms. The molecule has 1 unspecified atom stereocenters. The van der Waals surface area contributed by atoms with E-state index in [-0.39, 0.29) is 17.6 Å². The van der Waals surface area contributed by atoms with Crippen LogP contribution in [0.5, 0.6) is 0 Å². The summed E-state index contributed by atoms with van der Waals surface area (Å²) in [7, 11) is 0. The highest BCUT2D eigenvalue weighted by atomic mass is 16.2. The van der Waals surface area contributed by atoms with Crippen LogP contribution in [0.4, 0.5) is 0 Å². The zero-order valence-electron chi connectivity index (χ0n) is 10.7. The summed E-state index contributed by atoms with van der Waals surface area (Å²) < 4.78 is 0. The first kappa shape index (κ1) is 12.6. The van der Waals surface area contributed by atoms with Crippen molar-refractivity contribution in [2.45, 2.75) is 32.6 Å². The highest BCUT2D eigenvalue weighted by Gasteiger charge is 2.29. The Morgan fingerprint density at radius 2 is 2.39 bits per heavy atom. The second kappa shape index (κ2) is 5.17. The molecule has 0 aliphatic heterocycles. The first-order chi connectivity index (χ1) is 8.65. The molecule has 6 heteroatoms. The van der Waals surface area contributed by atoms with Gasteiger partial charge in [0.2, 0.25) is 5.82 Å². The van der Waals surface area contributed by atoms with Gasteiger partial charge in [0.15, 0.2) is 0 Å². The first-order valence-electron chi connectivity index (χ1n) is 6.26. The molecule has 1 aliphatic carbocycles. The molecule has 1 saturated carbocycles. The summed E-state index contributed by atoms with van der Waals surface area (Å²) in [6, 6.07) is 2.13. The molecule has 0 bridgehead atoms. The number of H-pyrrole nitrogens is 1. The minimum atomic E-state index is -0.206. The maximum atomic E-state index is 12.2. The van der Waals surface area contributed by atoms with Gasteiger partial charge in [-0.1, -0.05) is 0 Å². The Labute approximate surface area is 106 Å². The lowest BCUT2D eigenvalue weighted by Gasteiger charge is -2.20. The number of amides is 1. The number of nitriles is 1. The van der Waals surface area contributed by atoms with Gasteiger partial charge in [0.25, 0.3) is 5.91 Å². The highest BCUT2D eigenvalue weighted by Crippen LogP contribution is 2.37. The number of aromatic amines is 1. The number of hydrogen-bond donors (Lipinski definition) is 1. The normalized spacial score (nSPS) is 16.1.